The van der Waals surface area contributed by atoms with Gasteiger partial charge in [-0.1, -0.05) is 22.9 Å². The van der Waals surface area contributed by atoms with Crippen LogP contribution in [0.3, 0.4) is 0 Å². The van der Waals surface area contributed by atoms with Crippen LogP contribution in [0.2, 0.25) is 5.02 Å². The number of ether oxygens (including phenoxy) is 1. The van der Waals surface area contributed by atoms with E-state index in [1.54, 1.807) is 0 Å². The van der Waals surface area contributed by atoms with Gasteiger partial charge in [-0.25, -0.2) is 13.4 Å². The van der Waals surface area contributed by atoms with Crippen molar-refractivity contribution in [1.82, 2.24) is 9.29 Å². The lowest BCUT2D eigenvalue weighted by Crippen LogP contribution is -2.34. The molecule has 7 nitrogen and oxygen atoms in total. The molecule has 0 aliphatic carbocycles. The molecule has 0 saturated carbocycles. The molecule has 1 amide bonds. The second kappa shape index (κ2) is 8.44. The lowest BCUT2D eigenvalue weighted by atomic mass is 10.3. The number of halogens is 1. The monoisotopic (exact) mass is 439 g/mol. The van der Waals surface area contributed by atoms with Gasteiger partial charge in [0.15, 0.2) is 5.13 Å². The van der Waals surface area contributed by atoms with Crippen LogP contribution in [0, 0.1) is 0 Å². The number of thiazole rings is 1. The van der Waals surface area contributed by atoms with Crippen LogP contribution in [0.5, 0.6) is 5.75 Å². The molecular weight excluding hydrogens is 422 g/mol. The summed E-state index contributed by atoms with van der Waals surface area (Å²) < 4.78 is 32.4. The van der Waals surface area contributed by atoms with E-state index in [1.165, 1.54) is 42.6 Å². The van der Waals surface area contributed by atoms with E-state index in [9.17, 15) is 13.2 Å². The maximum atomic E-state index is 12.5. The number of anilines is 1. The summed E-state index contributed by atoms with van der Waals surface area (Å²) in [5, 5.41) is 3.47. The molecule has 0 radical (unpaired) electrons. The Morgan fingerprint density at radius 2 is 1.96 bits per heavy atom. The number of hydrogen-bond donors (Lipinski definition) is 1. The summed E-state index contributed by atoms with van der Waals surface area (Å²) >= 11 is 7.08. The number of sulfonamides is 1. The van der Waals surface area contributed by atoms with E-state index in [0.717, 1.165) is 20.3 Å². The van der Waals surface area contributed by atoms with Crippen LogP contribution in [0.15, 0.2) is 47.4 Å². The van der Waals surface area contributed by atoms with Gasteiger partial charge in [0.05, 0.1) is 28.3 Å². The van der Waals surface area contributed by atoms with Gasteiger partial charge in [-0.15, -0.1) is 0 Å². The van der Waals surface area contributed by atoms with E-state index in [2.05, 4.69) is 10.3 Å². The standard InChI is InChI=1S/C18H18ClN3O4S2/c1-3-26-13-6-9-15-16(10-13)27-18(20-15)21-17(23)11-22(2)28(24,25)14-7-4-12(19)5-8-14/h4-10H,3,11H2,1-2H3,(H,20,21,23). The van der Waals surface area contributed by atoms with E-state index in [4.69, 9.17) is 16.3 Å². The fourth-order valence-corrected chi connectivity index (χ4v) is 4.61. The highest BCUT2D eigenvalue weighted by atomic mass is 35.5. The topological polar surface area (TPSA) is 88.6 Å². The molecule has 0 atom stereocenters. The fourth-order valence-electron chi connectivity index (χ4n) is 2.45. The van der Waals surface area contributed by atoms with Crippen LogP contribution < -0.4 is 10.1 Å². The van der Waals surface area contributed by atoms with E-state index < -0.39 is 15.9 Å². The molecule has 0 unspecified atom stereocenters. The van der Waals surface area contributed by atoms with Gasteiger partial charge in [0.25, 0.3) is 0 Å². The number of rotatable bonds is 7. The Hall–Kier alpha value is -2.20. The van der Waals surface area contributed by atoms with Gasteiger partial charge < -0.3 is 10.1 Å². The summed E-state index contributed by atoms with van der Waals surface area (Å²) in [4.78, 5) is 16.7. The van der Waals surface area contributed by atoms with Gasteiger partial charge in [0.2, 0.25) is 15.9 Å². The first-order chi connectivity index (χ1) is 13.3. The molecular formula is C18H18ClN3O4S2. The molecule has 1 N–H and O–H groups in total. The molecule has 0 fully saturated rings. The number of aromatic nitrogens is 1. The number of benzene rings is 2. The first-order valence-corrected chi connectivity index (χ1v) is 11.0. The first-order valence-electron chi connectivity index (χ1n) is 8.34. The minimum absolute atomic E-state index is 0.0654. The molecule has 0 spiro atoms. The molecule has 0 aliphatic heterocycles. The van der Waals surface area contributed by atoms with Crippen LogP contribution >= 0.6 is 22.9 Å². The zero-order valence-corrected chi connectivity index (χ0v) is 17.6. The van der Waals surface area contributed by atoms with Crippen molar-refractivity contribution in [2.45, 2.75) is 11.8 Å². The van der Waals surface area contributed by atoms with Crippen LogP contribution in [0.25, 0.3) is 10.2 Å². The molecule has 148 valence electrons. The highest BCUT2D eigenvalue weighted by Gasteiger charge is 2.23. The highest BCUT2D eigenvalue weighted by molar-refractivity contribution is 7.89. The zero-order chi connectivity index (χ0) is 20.3. The summed E-state index contributed by atoms with van der Waals surface area (Å²) in [6.07, 6.45) is 0. The predicted octanol–water partition coefficient (Wildman–Crippen LogP) is 3.61. The first kappa shape index (κ1) is 20.5. The van der Waals surface area contributed by atoms with Gasteiger partial charge in [0.1, 0.15) is 5.75 Å². The fraction of sp³-hybridized carbons (Fsp3) is 0.222. The van der Waals surface area contributed by atoms with Gasteiger partial charge in [-0.3, -0.25) is 4.79 Å². The maximum Gasteiger partial charge on any atom is 0.243 e. The molecule has 3 aromatic rings. The van der Waals surface area contributed by atoms with Gasteiger partial charge in [0, 0.05) is 12.1 Å². The number of carbonyl (C=O) groups excluding carboxylic acids is 1. The SMILES string of the molecule is CCOc1ccc2nc(NC(=O)CN(C)S(=O)(=O)c3ccc(Cl)cc3)sc2c1. The van der Waals surface area contributed by atoms with E-state index in [0.29, 0.717) is 16.8 Å². The van der Waals surface area contributed by atoms with Crippen LogP contribution in [-0.2, 0) is 14.8 Å². The number of likely N-dealkylation sites (N-methyl/N-ethyl adjacent to an activating group) is 1. The Kier molecular flexibility index (Phi) is 6.19. The number of fused-ring (bicyclic) bond motifs is 1. The normalized spacial score (nSPS) is 11.7. The smallest absolute Gasteiger partial charge is 0.243 e. The number of amides is 1. The Balaban J connectivity index is 1.69. The quantitative estimate of drug-likeness (QED) is 0.607. The largest absolute Gasteiger partial charge is 0.494 e. The number of carbonyl (C=O) groups is 1. The molecule has 2 aromatic carbocycles. The zero-order valence-electron chi connectivity index (χ0n) is 15.2. The van der Waals surface area contributed by atoms with Crippen molar-refractivity contribution in [1.29, 1.82) is 0 Å². The number of nitrogens with one attached hydrogen (secondary N) is 1. The number of nitrogens with zero attached hydrogens (tertiary/aromatic N) is 2. The Morgan fingerprint density at radius 3 is 2.64 bits per heavy atom. The molecule has 10 heteroatoms. The average molecular weight is 440 g/mol. The third-order valence-corrected chi connectivity index (χ3v) is 6.81. The van der Waals surface area contributed by atoms with Crippen molar-refractivity contribution >= 4 is 54.2 Å². The Morgan fingerprint density at radius 1 is 1.25 bits per heavy atom. The van der Waals surface area contributed by atoms with Crippen molar-refractivity contribution in [2.75, 3.05) is 25.5 Å². The summed E-state index contributed by atoms with van der Waals surface area (Å²) in [6.45, 7) is 2.12. The third kappa shape index (κ3) is 4.61. The maximum absolute atomic E-state index is 12.5. The van der Waals surface area contributed by atoms with Crippen molar-refractivity contribution < 1.29 is 17.9 Å². The minimum atomic E-state index is -3.80. The van der Waals surface area contributed by atoms with E-state index in [-0.39, 0.29) is 11.4 Å². The third-order valence-electron chi connectivity index (χ3n) is 3.81. The lowest BCUT2D eigenvalue weighted by molar-refractivity contribution is -0.116. The van der Waals surface area contributed by atoms with Crippen molar-refractivity contribution in [3.8, 4) is 5.75 Å². The van der Waals surface area contributed by atoms with Gasteiger partial charge >= 0.3 is 0 Å². The van der Waals surface area contributed by atoms with E-state index >= 15 is 0 Å². The summed E-state index contributed by atoms with van der Waals surface area (Å²) in [5.74, 6) is 0.245. The van der Waals surface area contributed by atoms with Crippen molar-refractivity contribution in [3.63, 3.8) is 0 Å². The Bertz CT molecular complexity index is 1100. The summed E-state index contributed by atoms with van der Waals surface area (Å²) in [6, 6.07) is 11.2. The summed E-state index contributed by atoms with van der Waals surface area (Å²) in [5.41, 5.74) is 0.728. The second-order valence-corrected chi connectivity index (χ2v) is 9.36. The van der Waals surface area contributed by atoms with Gasteiger partial charge in [-0.2, -0.15) is 4.31 Å². The van der Waals surface area contributed by atoms with Crippen molar-refractivity contribution in [2.24, 2.45) is 0 Å². The lowest BCUT2D eigenvalue weighted by Gasteiger charge is -2.16. The van der Waals surface area contributed by atoms with Gasteiger partial charge in [-0.05, 0) is 49.4 Å². The minimum Gasteiger partial charge on any atom is -0.494 e. The number of hydrogen-bond acceptors (Lipinski definition) is 6. The average Bonchev–Trinajstić information content (AvgIpc) is 3.03. The van der Waals surface area contributed by atoms with Crippen LogP contribution in [0.1, 0.15) is 6.92 Å². The van der Waals surface area contributed by atoms with Crippen LogP contribution in [-0.4, -0.2) is 43.8 Å². The predicted molar refractivity (Wildman–Crippen MR) is 111 cm³/mol. The van der Waals surface area contributed by atoms with Crippen LogP contribution in [0.4, 0.5) is 5.13 Å². The molecule has 1 heterocycles. The van der Waals surface area contributed by atoms with Crippen molar-refractivity contribution in [3.05, 3.63) is 47.5 Å². The Labute approximate surface area is 172 Å². The molecule has 0 saturated heterocycles. The molecule has 1 aromatic heterocycles. The summed E-state index contributed by atoms with van der Waals surface area (Å²) in [7, 11) is -2.46. The molecule has 3 rings (SSSR count). The molecule has 28 heavy (non-hydrogen) atoms. The van der Waals surface area contributed by atoms with E-state index in [1.807, 2.05) is 25.1 Å². The second-order valence-electron chi connectivity index (χ2n) is 5.84. The molecule has 0 bridgehead atoms. The highest BCUT2D eigenvalue weighted by Crippen LogP contribution is 2.29. The molecule has 0 aliphatic rings.